The van der Waals surface area contributed by atoms with E-state index in [2.05, 4.69) is 24.4 Å². The number of anilines is 1. The van der Waals surface area contributed by atoms with Crippen LogP contribution in [0.5, 0.6) is 0 Å². The van der Waals surface area contributed by atoms with Gasteiger partial charge in [0.15, 0.2) is 0 Å². The van der Waals surface area contributed by atoms with Gasteiger partial charge in [-0.1, -0.05) is 17.7 Å². The zero-order chi connectivity index (χ0) is 12.7. The molecule has 2 heterocycles. The van der Waals surface area contributed by atoms with E-state index in [0.717, 1.165) is 18.5 Å². The highest BCUT2D eigenvalue weighted by atomic mass is 16.2. The normalized spacial score (nSPS) is 29.6. The van der Waals surface area contributed by atoms with Crippen LogP contribution in [0, 0.1) is 12.8 Å². The van der Waals surface area contributed by atoms with Gasteiger partial charge in [0.2, 0.25) is 5.91 Å². The zero-order valence-corrected chi connectivity index (χ0v) is 11.0. The van der Waals surface area contributed by atoms with Gasteiger partial charge in [0.1, 0.15) is 0 Å². The molecule has 96 valence electrons. The second kappa shape index (κ2) is 4.39. The Morgan fingerprint density at radius 1 is 1.28 bits per heavy atom. The van der Waals surface area contributed by atoms with E-state index in [1.807, 2.05) is 24.1 Å². The van der Waals surface area contributed by atoms with E-state index in [1.54, 1.807) is 0 Å². The molecule has 3 heteroatoms. The highest BCUT2D eigenvalue weighted by Crippen LogP contribution is 2.34. The van der Waals surface area contributed by atoms with Crippen molar-refractivity contribution in [3.05, 3.63) is 29.8 Å². The predicted molar refractivity (Wildman–Crippen MR) is 72.6 cm³/mol. The summed E-state index contributed by atoms with van der Waals surface area (Å²) in [4.78, 5) is 14.3. The summed E-state index contributed by atoms with van der Waals surface area (Å²) in [5.41, 5.74) is 2.22. The first-order valence-electron chi connectivity index (χ1n) is 6.75. The second-order valence-corrected chi connectivity index (χ2v) is 5.62. The van der Waals surface area contributed by atoms with E-state index in [1.165, 1.54) is 12.0 Å². The molecule has 1 amide bonds. The number of nitrogens with one attached hydrogen (secondary N) is 1. The third-order valence-electron chi connectivity index (χ3n) is 4.37. The SMILES string of the molecule is Cc1ccc(N(C)C(=O)C2CC3CCC2N3)cc1. The van der Waals surface area contributed by atoms with Gasteiger partial charge in [0.05, 0.1) is 5.92 Å². The third-order valence-corrected chi connectivity index (χ3v) is 4.37. The summed E-state index contributed by atoms with van der Waals surface area (Å²) >= 11 is 0. The van der Waals surface area contributed by atoms with E-state index >= 15 is 0 Å². The summed E-state index contributed by atoms with van der Waals surface area (Å²) in [6, 6.07) is 9.14. The number of hydrogen-bond donors (Lipinski definition) is 1. The molecule has 1 aromatic rings. The van der Waals surface area contributed by atoms with Crippen LogP contribution in [0.4, 0.5) is 5.69 Å². The number of fused-ring (bicyclic) bond motifs is 2. The molecule has 0 saturated carbocycles. The lowest BCUT2D eigenvalue weighted by molar-refractivity contribution is -0.122. The van der Waals surface area contributed by atoms with Crippen LogP contribution in [0.3, 0.4) is 0 Å². The van der Waals surface area contributed by atoms with Crippen molar-refractivity contribution in [2.75, 3.05) is 11.9 Å². The summed E-state index contributed by atoms with van der Waals surface area (Å²) in [5.74, 6) is 0.439. The van der Waals surface area contributed by atoms with Gasteiger partial charge in [-0.2, -0.15) is 0 Å². The van der Waals surface area contributed by atoms with Gasteiger partial charge < -0.3 is 10.2 Å². The average molecular weight is 244 g/mol. The lowest BCUT2D eigenvalue weighted by Gasteiger charge is -2.25. The fourth-order valence-corrected chi connectivity index (χ4v) is 3.24. The minimum absolute atomic E-state index is 0.176. The Bertz CT molecular complexity index is 454. The molecule has 2 saturated heterocycles. The molecular weight excluding hydrogens is 224 g/mol. The smallest absolute Gasteiger partial charge is 0.231 e. The van der Waals surface area contributed by atoms with Crippen LogP contribution in [0.15, 0.2) is 24.3 Å². The van der Waals surface area contributed by atoms with E-state index in [9.17, 15) is 4.79 Å². The van der Waals surface area contributed by atoms with Gasteiger partial charge in [-0.25, -0.2) is 0 Å². The number of benzene rings is 1. The van der Waals surface area contributed by atoms with Crippen molar-refractivity contribution in [1.82, 2.24) is 5.32 Å². The summed E-state index contributed by atoms with van der Waals surface area (Å²) in [6.45, 7) is 2.06. The van der Waals surface area contributed by atoms with Gasteiger partial charge in [-0.05, 0) is 38.3 Å². The number of carbonyl (C=O) groups is 1. The first-order chi connectivity index (χ1) is 8.65. The molecule has 3 atom stereocenters. The minimum atomic E-state index is 0.176. The summed E-state index contributed by atoms with van der Waals surface area (Å²) in [5, 5.41) is 3.53. The molecule has 0 aromatic heterocycles. The number of rotatable bonds is 2. The maximum Gasteiger partial charge on any atom is 0.231 e. The molecule has 1 N–H and O–H groups in total. The fraction of sp³-hybridized carbons (Fsp3) is 0.533. The summed E-state index contributed by atoms with van der Waals surface area (Å²) in [7, 11) is 1.89. The number of nitrogens with zero attached hydrogens (tertiary/aromatic N) is 1. The van der Waals surface area contributed by atoms with Gasteiger partial charge in [0, 0.05) is 24.8 Å². The van der Waals surface area contributed by atoms with Crippen molar-refractivity contribution in [3.8, 4) is 0 Å². The largest absolute Gasteiger partial charge is 0.315 e. The summed E-state index contributed by atoms with van der Waals surface area (Å²) in [6.07, 6.45) is 3.41. The lowest BCUT2D eigenvalue weighted by atomic mass is 9.88. The molecule has 2 bridgehead atoms. The van der Waals surface area contributed by atoms with Crippen LogP contribution in [-0.2, 0) is 4.79 Å². The highest BCUT2D eigenvalue weighted by Gasteiger charge is 2.43. The van der Waals surface area contributed by atoms with E-state index < -0.39 is 0 Å². The van der Waals surface area contributed by atoms with Crippen LogP contribution < -0.4 is 10.2 Å². The Morgan fingerprint density at radius 2 is 2.00 bits per heavy atom. The zero-order valence-electron chi connectivity index (χ0n) is 11.0. The lowest BCUT2D eigenvalue weighted by Crippen LogP contribution is -2.38. The van der Waals surface area contributed by atoms with Crippen molar-refractivity contribution in [1.29, 1.82) is 0 Å². The molecule has 2 aliphatic rings. The average Bonchev–Trinajstić information content (AvgIpc) is 3.00. The topological polar surface area (TPSA) is 32.3 Å². The van der Waals surface area contributed by atoms with Crippen molar-refractivity contribution >= 4 is 11.6 Å². The van der Waals surface area contributed by atoms with Crippen LogP contribution in [0.2, 0.25) is 0 Å². The Hall–Kier alpha value is -1.35. The molecule has 18 heavy (non-hydrogen) atoms. The molecule has 0 aliphatic carbocycles. The van der Waals surface area contributed by atoms with Crippen LogP contribution in [-0.4, -0.2) is 25.0 Å². The molecular formula is C15H20N2O. The predicted octanol–water partition coefficient (Wildman–Crippen LogP) is 2.10. The van der Waals surface area contributed by atoms with Gasteiger partial charge in [0.25, 0.3) is 0 Å². The van der Waals surface area contributed by atoms with Crippen LogP contribution in [0.25, 0.3) is 0 Å². The van der Waals surface area contributed by atoms with Crippen LogP contribution in [0.1, 0.15) is 24.8 Å². The first kappa shape index (κ1) is 11.7. The monoisotopic (exact) mass is 244 g/mol. The number of hydrogen-bond acceptors (Lipinski definition) is 2. The molecule has 1 aromatic carbocycles. The Morgan fingerprint density at radius 3 is 2.56 bits per heavy atom. The highest BCUT2D eigenvalue weighted by molar-refractivity contribution is 5.95. The molecule has 2 fully saturated rings. The first-order valence-corrected chi connectivity index (χ1v) is 6.75. The quantitative estimate of drug-likeness (QED) is 0.864. The van der Waals surface area contributed by atoms with Gasteiger partial charge >= 0.3 is 0 Å². The molecule has 0 radical (unpaired) electrons. The molecule has 3 unspecified atom stereocenters. The van der Waals surface area contributed by atoms with E-state index in [0.29, 0.717) is 12.1 Å². The van der Waals surface area contributed by atoms with Crippen molar-refractivity contribution < 1.29 is 4.79 Å². The Balaban J connectivity index is 1.74. The standard InChI is InChI=1S/C15H20N2O/c1-10-3-6-12(7-4-10)17(2)15(18)13-9-11-5-8-14(13)16-11/h3-4,6-7,11,13-14,16H,5,8-9H2,1-2H3. The van der Waals surface area contributed by atoms with E-state index in [-0.39, 0.29) is 11.8 Å². The number of carbonyl (C=O) groups excluding carboxylic acids is 1. The summed E-state index contributed by atoms with van der Waals surface area (Å²) < 4.78 is 0. The van der Waals surface area contributed by atoms with Crippen molar-refractivity contribution in [2.45, 2.75) is 38.3 Å². The minimum Gasteiger partial charge on any atom is -0.315 e. The number of amides is 1. The van der Waals surface area contributed by atoms with Crippen molar-refractivity contribution in [2.24, 2.45) is 5.92 Å². The molecule has 3 nitrogen and oxygen atoms in total. The van der Waals surface area contributed by atoms with Gasteiger partial charge in [-0.15, -0.1) is 0 Å². The maximum absolute atomic E-state index is 12.5. The van der Waals surface area contributed by atoms with E-state index in [4.69, 9.17) is 0 Å². The van der Waals surface area contributed by atoms with Crippen LogP contribution >= 0.6 is 0 Å². The molecule has 2 aliphatic heterocycles. The molecule has 3 rings (SSSR count). The Kier molecular flexibility index (Phi) is 2.86. The third kappa shape index (κ3) is 1.93. The second-order valence-electron chi connectivity index (χ2n) is 5.62. The Labute approximate surface area is 108 Å². The maximum atomic E-state index is 12.5. The van der Waals surface area contributed by atoms with Gasteiger partial charge in [-0.3, -0.25) is 4.79 Å². The number of aryl methyl sites for hydroxylation is 1. The fourth-order valence-electron chi connectivity index (χ4n) is 3.24. The molecule has 0 spiro atoms. The van der Waals surface area contributed by atoms with Crippen molar-refractivity contribution in [3.63, 3.8) is 0 Å².